The zero-order valence-corrected chi connectivity index (χ0v) is 18.0. The van der Waals surface area contributed by atoms with Crippen molar-refractivity contribution in [3.63, 3.8) is 0 Å². The number of benzene rings is 3. The zero-order chi connectivity index (χ0) is 21.6. The second-order valence-electron chi connectivity index (χ2n) is 7.24. The SMILES string of the molecule is CN(Cc1ccccc1)c1ccccc1NCC(=O)Nc1cc2c(cc1Cl)OCCO2. The van der Waals surface area contributed by atoms with Gasteiger partial charge in [0, 0.05) is 25.7 Å². The minimum Gasteiger partial charge on any atom is -0.486 e. The second kappa shape index (κ2) is 9.62. The van der Waals surface area contributed by atoms with E-state index in [1.165, 1.54) is 5.56 Å². The number of hydrogen-bond acceptors (Lipinski definition) is 5. The summed E-state index contributed by atoms with van der Waals surface area (Å²) in [7, 11) is 2.03. The molecule has 31 heavy (non-hydrogen) atoms. The van der Waals surface area contributed by atoms with E-state index >= 15 is 0 Å². The molecular weight excluding hydrogens is 414 g/mol. The van der Waals surface area contributed by atoms with E-state index in [1.807, 2.05) is 49.5 Å². The van der Waals surface area contributed by atoms with Crippen LogP contribution in [-0.2, 0) is 11.3 Å². The highest BCUT2D eigenvalue weighted by Gasteiger charge is 2.16. The lowest BCUT2D eigenvalue weighted by Gasteiger charge is -2.23. The summed E-state index contributed by atoms with van der Waals surface area (Å²) in [5.74, 6) is 0.952. The van der Waals surface area contributed by atoms with Gasteiger partial charge in [-0.2, -0.15) is 0 Å². The van der Waals surface area contributed by atoms with Crippen LogP contribution < -0.4 is 25.0 Å². The monoisotopic (exact) mass is 437 g/mol. The van der Waals surface area contributed by atoms with Crippen molar-refractivity contribution in [3.8, 4) is 11.5 Å². The van der Waals surface area contributed by atoms with Gasteiger partial charge < -0.3 is 25.0 Å². The molecule has 1 aliphatic rings. The van der Waals surface area contributed by atoms with E-state index in [2.05, 4.69) is 27.7 Å². The number of hydrogen-bond donors (Lipinski definition) is 2. The fraction of sp³-hybridized carbons (Fsp3) is 0.208. The summed E-state index contributed by atoms with van der Waals surface area (Å²) < 4.78 is 11.1. The molecule has 1 aliphatic heterocycles. The molecule has 0 aromatic heterocycles. The molecule has 0 saturated heterocycles. The number of para-hydroxylation sites is 2. The number of rotatable bonds is 7. The number of ether oxygens (including phenoxy) is 2. The smallest absolute Gasteiger partial charge is 0.243 e. The Bertz CT molecular complexity index is 1060. The predicted molar refractivity (Wildman–Crippen MR) is 125 cm³/mol. The molecule has 0 unspecified atom stereocenters. The van der Waals surface area contributed by atoms with E-state index in [9.17, 15) is 4.79 Å². The molecule has 1 amide bonds. The van der Waals surface area contributed by atoms with Gasteiger partial charge in [0.2, 0.25) is 5.91 Å². The number of amides is 1. The Labute approximate surface area is 186 Å². The van der Waals surface area contributed by atoms with Crippen molar-refractivity contribution in [2.24, 2.45) is 0 Å². The summed E-state index contributed by atoms with van der Waals surface area (Å²) in [5, 5.41) is 6.47. The first-order valence-electron chi connectivity index (χ1n) is 10.1. The van der Waals surface area contributed by atoms with Crippen molar-refractivity contribution in [3.05, 3.63) is 77.3 Å². The Hall–Kier alpha value is -3.38. The van der Waals surface area contributed by atoms with Crippen LogP contribution in [0.1, 0.15) is 5.56 Å². The van der Waals surface area contributed by atoms with Crippen LogP contribution in [0.4, 0.5) is 17.1 Å². The molecule has 6 nitrogen and oxygen atoms in total. The van der Waals surface area contributed by atoms with Gasteiger partial charge in [0.1, 0.15) is 13.2 Å². The average molecular weight is 438 g/mol. The Morgan fingerprint density at radius 2 is 1.65 bits per heavy atom. The molecule has 7 heteroatoms. The van der Waals surface area contributed by atoms with E-state index in [0.717, 1.165) is 17.9 Å². The van der Waals surface area contributed by atoms with Crippen molar-refractivity contribution >= 4 is 34.6 Å². The van der Waals surface area contributed by atoms with Gasteiger partial charge in [-0.05, 0) is 17.7 Å². The van der Waals surface area contributed by atoms with Crippen LogP contribution >= 0.6 is 11.6 Å². The van der Waals surface area contributed by atoms with Crippen molar-refractivity contribution in [1.29, 1.82) is 0 Å². The van der Waals surface area contributed by atoms with E-state index in [-0.39, 0.29) is 12.5 Å². The lowest BCUT2D eigenvalue weighted by molar-refractivity contribution is -0.114. The summed E-state index contributed by atoms with van der Waals surface area (Å²) >= 11 is 6.29. The molecule has 0 spiro atoms. The van der Waals surface area contributed by atoms with Gasteiger partial charge in [0.25, 0.3) is 0 Å². The van der Waals surface area contributed by atoms with Crippen LogP contribution in [0.3, 0.4) is 0 Å². The first-order chi connectivity index (χ1) is 15.1. The molecule has 3 aromatic carbocycles. The van der Waals surface area contributed by atoms with Crippen LogP contribution in [0.25, 0.3) is 0 Å². The van der Waals surface area contributed by atoms with Gasteiger partial charge in [-0.3, -0.25) is 4.79 Å². The maximum Gasteiger partial charge on any atom is 0.243 e. The molecule has 0 atom stereocenters. The standard InChI is InChI=1S/C24H24ClN3O3/c1-28(16-17-7-3-2-4-8-17)21-10-6-5-9-19(21)26-15-24(29)27-20-14-23-22(13-18(20)25)30-11-12-31-23/h2-10,13-14,26H,11-12,15-16H2,1H3,(H,27,29). The molecule has 3 aromatic rings. The minimum atomic E-state index is -0.209. The number of carbonyl (C=O) groups is 1. The van der Waals surface area contributed by atoms with Crippen molar-refractivity contribution in [1.82, 2.24) is 0 Å². The molecule has 0 bridgehead atoms. The van der Waals surface area contributed by atoms with Gasteiger partial charge >= 0.3 is 0 Å². The summed E-state index contributed by atoms with van der Waals surface area (Å²) in [6.45, 7) is 1.81. The largest absolute Gasteiger partial charge is 0.486 e. The highest BCUT2D eigenvalue weighted by molar-refractivity contribution is 6.34. The quantitative estimate of drug-likeness (QED) is 0.556. The van der Waals surface area contributed by atoms with Crippen molar-refractivity contribution < 1.29 is 14.3 Å². The first-order valence-corrected chi connectivity index (χ1v) is 10.4. The topological polar surface area (TPSA) is 62.8 Å². The zero-order valence-electron chi connectivity index (χ0n) is 17.2. The highest BCUT2D eigenvalue weighted by atomic mass is 35.5. The maximum atomic E-state index is 12.6. The van der Waals surface area contributed by atoms with Gasteiger partial charge in [-0.15, -0.1) is 0 Å². The van der Waals surface area contributed by atoms with Gasteiger partial charge in [0.15, 0.2) is 11.5 Å². The third kappa shape index (κ3) is 5.22. The number of carbonyl (C=O) groups excluding carboxylic acids is 1. The molecular formula is C24H24ClN3O3. The van der Waals surface area contributed by atoms with Crippen LogP contribution in [0.2, 0.25) is 5.02 Å². The molecule has 0 aliphatic carbocycles. The summed E-state index contributed by atoms with van der Waals surface area (Å²) in [4.78, 5) is 14.7. The lowest BCUT2D eigenvalue weighted by atomic mass is 10.2. The number of nitrogens with zero attached hydrogens (tertiary/aromatic N) is 1. The summed E-state index contributed by atoms with van der Waals surface area (Å²) in [5.41, 5.74) is 3.60. The predicted octanol–water partition coefficient (Wildman–Crippen LogP) is 4.80. The highest BCUT2D eigenvalue weighted by Crippen LogP contribution is 2.38. The van der Waals surface area contributed by atoms with Gasteiger partial charge in [0.05, 0.1) is 28.6 Å². The molecule has 4 rings (SSSR count). The van der Waals surface area contributed by atoms with E-state index in [1.54, 1.807) is 12.1 Å². The summed E-state index contributed by atoms with van der Waals surface area (Å²) in [6.07, 6.45) is 0. The minimum absolute atomic E-state index is 0.0982. The third-order valence-electron chi connectivity index (χ3n) is 4.92. The third-order valence-corrected chi connectivity index (χ3v) is 5.24. The van der Waals surface area contributed by atoms with Crippen LogP contribution in [0.15, 0.2) is 66.7 Å². The Balaban J connectivity index is 1.40. The number of fused-ring (bicyclic) bond motifs is 1. The maximum absolute atomic E-state index is 12.6. The normalized spacial score (nSPS) is 12.2. The fourth-order valence-corrected chi connectivity index (χ4v) is 3.63. The Morgan fingerprint density at radius 3 is 2.42 bits per heavy atom. The number of anilines is 3. The van der Waals surface area contributed by atoms with Crippen LogP contribution in [0, 0.1) is 0 Å². The molecule has 2 N–H and O–H groups in total. The second-order valence-corrected chi connectivity index (χ2v) is 7.64. The molecule has 1 heterocycles. The van der Waals surface area contributed by atoms with Crippen molar-refractivity contribution in [2.75, 3.05) is 42.3 Å². The molecule has 0 radical (unpaired) electrons. The fourth-order valence-electron chi connectivity index (χ4n) is 3.43. The van der Waals surface area contributed by atoms with E-state index in [0.29, 0.717) is 35.4 Å². The molecule has 160 valence electrons. The van der Waals surface area contributed by atoms with Crippen molar-refractivity contribution in [2.45, 2.75) is 6.54 Å². The average Bonchev–Trinajstić information content (AvgIpc) is 2.79. The number of halogens is 1. The van der Waals surface area contributed by atoms with Crippen LogP contribution in [0.5, 0.6) is 11.5 Å². The Kier molecular flexibility index (Phi) is 6.48. The van der Waals surface area contributed by atoms with E-state index in [4.69, 9.17) is 21.1 Å². The van der Waals surface area contributed by atoms with Gasteiger partial charge in [-0.25, -0.2) is 0 Å². The van der Waals surface area contributed by atoms with Crippen LogP contribution in [-0.4, -0.2) is 32.7 Å². The number of nitrogens with one attached hydrogen (secondary N) is 2. The first kappa shape index (κ1) is 20.9. The molecule has 0 fully saturated rings. The lowest BCUT2D eigenvalue weighted by Crippen LogP contribution is -2.24. The molecule has 0 saturated carbocycles. The van der Waals surface area contributed by atoms with E-state index < -0.39 is 0 Å². The summed E-state index contributed by atoms with van der Waals surface area (Å²) in [6, 6.07) is 21.5. The Morgan fingerprint density at radius 1 is 0.968 bits per heavy atom. The van der Waals surface area contributed by atoms with Gasteiger partial charge in [-0.1, -0.05) is 54.1 Å².